The summed E-state index contributed by atoms with van der Waals surface area (Å²) in [6.07, 6.45) is 2.61. The molecule has 0 saturated carbocycles. The third kappa shape index (κ3) is 5.53. The predicted molar refractivity (Wildman–Crippen MR) is 125 cm³/mol. The molecule has 1 saturated heterocycles. The third-order valence-electron chi connectivity index (χ3n) is 5.47. The van der Waals surface area contributed by atoms with Crippen molar-refractivity contribution < 1.29 is 4.79 Å². The maximum atomic E-state index is 12.8. The summed E-state index contributed by atoms with van der Waals surface area (Å²) in [5.74, 6) is 0.701. The minimum atomic E-state index is -0.0748. The van der Waals surface area contributed by atoms with Crippen LogP contribution in [0.2, 0.25) is 0 Å². The Morgan fingerprint density at radius 3 is 2.50 bits per heavy atom. The quantitative estimate of drug-likeness (QED) is 0.510. The van der Waals surface area contributed by atoms with Crippen LogP contribution >= 0.6 is 11.8 Å². The molecule has 3 aromatic rings. The van der Waals surface area contributed by atoms with Gasteiger partial charge >= 0.3 is 0 Å². The number of nitrogens with one attached hydrogen (secondary N) is 1. The number of hydrogen-bond donors (Lipinski definition) is 1. The van der Waals surface area contributed by atoms with E-state index in [1.165, 1.54) is 24.9 Å². The van der Waals surface area contributed by atoms with E-state index in [1.54, 1.807) is 11.8 Å². The average molecular weight is 417 g/mol. The lowest BCUT2D eigenvalue weighted by Crippen LogP contribution is -2.33. The van der Waals surface area contributed by atoms with E-state index in [9.17, 15) is 4.79 Å². The fourth-order valence-electron chi connectivity index (χ4n) is 3.92. The number of carbonyl (C=O) groups is 1. The molecule has 1 N–H and O–H groups in total. The van der Waals surface area contributed by atoms with E-state index in [0.29, 0.717) is 5.56 Å². The monoisotopic (exact) mass is 416 g/mol. The van der Waals surface area contributed by atoms with Crippen molar-refractivity contribution in [2.24, 2.45) is 5.92 Å². The van der Waals surface area contributed by atoms with Gasteiger partial charge in [-0.15, -0.1) is 0 Å². The van der Waals surface area contributed by atoms with Crippen molar-refractivity contribution in [3.63, 3.8) is 0 Å². The van der Waals surface area contributed by atoms with Crippen LogP contribution in [0.3, 0.4) is 0 Å². The number of piperidine rings is 1. The van der Waals surface area contributed by atoms with Gasteiger partial charge in [0.25, 0.3) is 5.91 Å². The van der Waals surface area contributed by atoms with E-state index in [-0.39, 0.29) is 5.91 Å². The Balaban J connectivity index is 1.40. The molecule has 0 aliphatic carbocycles. The Bertz CT molecular complexity index is 972. The van der Waals surface area contributed by atoms with Gasteiger partial charge in [0.05, 0.1) is 5.69 Å². The van der Waals surface area contributed by atoms with Crippen molar-refractivity contribution in [2.75, 3.05) is 18.4 Å². The molecule has 1 atom stereocenters. The molecule has 1 amide bonds. The summed E-state index contributed by atoms with van der Waals surface area (Å²) >= 11 is 1.65. The number of anilines is 1. The van der Waals surface area contributed by atoms with Gasteiger partial charge in [0.15, 0.2) is 0 Å². The van der Waals surface area contributed by atoms with Gasteiger partial charge in [0.1, 0.15) is 0 Å². The van der Waals surface area contributed by atoms with Crippen LogP contribution in [0.15, 0.2) is 88.7 Å². The Morgan fingerprint density at radius 2 is 1.73 bits per heavy atom. The molecule has 0 unspecified atom stereocenters. The molecule has 4 heteroatoms. The first-order valence-corrected chi connectivity index (χ1v) is 11.4. The smallest absolute Gasteiger partial charge is 0.255 e. The Morgan fingerprint density at radius 1 is 1.00 bits per heavy atom. The lowest BCUT2D eigenvalue weighted by atomic mass is 9.99. The molecular weight excluding hydrogens is 388 g/mol. The molecule has 3 aromatic carbocycles. The maximum Gasteiger partial charge on any atom is 0.255 e. The topological polar surface area (TPSA) is 32.3 Å². The molecule has 0 aromatic heterocycles. The number of hydrogen-bond acceptors (Lipinski definition) is 3. The van der Waals surface area contributed by atoms with Gasteiger partial charge in [-0.05, 0) is 67.3 Å². The normalized spacial score (nSPS) is 16.9. The molecule has 154 valence electrons. The molecule has 30 heavy (non-hydrogen) atoms. The van der Waals surface area contributed by atoms with Crippen molar-refractivity contribution in [2.45, 2.75) is 36.1 Å². The summed E-state index contributed by atoms with van der Waals surface area (Å²) in [6.45, 7) is 5.62. The third-order valence-corrected chi connectivity index (χ3v) is 6.55. The maximum absolute atomic E-state index is 12.8. The number of para-hydroxylation sites is 1. The minimum Gasteiger partial charge on any atom is -0.321 e. The summed E-state index contributed by atoms with van der Waals surface area (Å²) in [5.41, 5.74) is 2.79. The SMILES string of the molecule is C[C@@H]1CCCN(Cc2ccc(C(=O)Nc3ccccc3Sc3ccccc3)cc2)C1. The summed E-state index contributed by atoms with van der Waals surface area (Å²) in [4.78, 5) is 17.5. The molecule has 0 radical (unpaired) electrons. The van der Waals surface area contributed by atoms with E-state index in [2.05, 4.69) is 41.4 Å². The molecule has 3 nitrogen and oxygen atoms in total. The lowest BCUT2D eigenvalue weighted by Gasteiger charge is -2.30. The van der Waals surface area contributed by atoms with Crippen molar-refractivity contribution in [1.29, 1.82) is 0 Å². The highest BCUT2D eigenvalue weighted by atomic mass is 32.2. The Hall–Kier alpha value is -2.56. The van der Waals surface area contributed by atoms with Gasteiger partial charge in [-0.25, -0.2) is 0 Å². The summed E-state index contributed by atoms with van der Waals surface area (Å²) < 4.78 is 0. The van der Waals surface area contributed by atoms with Crippen LogP contribution in [0.1, 0.15) is 35.7 Å². The predicted octanol–water partition coefficient (Wildman–Crippen LogP) is 6.32. The van der Waals surface area contributed by atoms with Crippen molar-refractivity contribution in [3.05, 3.63) is 90.0 Å². The number of amides is 1. The van der Waals surface area contributed by atoms with E-state index in [0.717, 1.165) is 34.5 Å². The average Bonchev–Trinajstić information content (AvgIpc) is 2.76. The number of likely N-dealkylation sites (tertiary alicyclic amines) is 1. The van der Waals surface area contributed by atoms with Crippen LogP contribution in [-0.2, 0) is 6.54 Å². The first-order valence-electron chi connectivity index (χ1n) is 10.6. The van der Waals surface area contributed by atoms with Gasteiger partial charge in [-0.1, -0.05) is 61.2 Å². The minimum absolute atomic E-state index is 0.0748. The molecular formula is C26H28N2OS. The van der Waals surface area contributed by atoms with Crippen molar-refractivity contribution >= 4 is 23.4 Å². The first kappa shape index (κ1) is 20.7. The van der Waals surface area contributed by atoms with Gasteiger partial charge in [-0.3, -0.25) is 9.69 Å². The number of nitrogens with zero attached hydrogens (tertiary/aromatic N) is 1. The Labute approximate surface area is 183 Å². The first-order chi connectivity index (χ1) is 14.7. The highest BCUT2D eigenvalue weighted by Crippen LogP contribution is 2.33. The number of rotatable bonds is 6. The van der Waals surface area contributed by atoms with Crippen LogP contribution in [-0.4, -0.2) is 23.9 Å². The highest BCUT2D eigenvalue weighted by Gasteiger charge is 2.16. The van der Waals surface area contributed by atoms with Crippen LogP contribution in [0.25, 0.3) is 0 Å². The van der Waals surface area contributed by atoms with Gasteiger partial charge < -0.3 is 5.32 Å². The molecule has 4 rings (SSSR count). The zero-order chi connectivity index (χ0) is 20.8. The summed E-state index contributed by atoms with van der Waals surface area (Å²) in [6, 6.07) is 26.2. The fraction of sp³-hybridized carbons (Fsp3) is 0.269. The largest absolute Gasteiger partial charge is 0.321 e. The van der Waals surface area contributed by atoms with Gasteiger partial charge in [0, 0.05) is 28.4 Å². The number of benzene rings is 3. The van der Waals surface area contributed by atoms with Crippen LogP contribution in [0, 0.1) is 5.92 Å². The van der Waals surface area contributed by atoms with Crippen LogP contribution < -0.4 is 5.32 Å². The second kappa shape index (κ2) is 9.96. The van der Waals surface area contributed by atoms with E-state index in [4.69, 9.17) is 0 Å². The standard InChI is InChI=1S/C26H28N2OS/c1-20-8-7-17-28(18-20)19-21-13-15-22(16-14-21)26(29)27-24-11-5-6-12-25(24)30-23-9-3-2-4-10-23/h2-6,9-16,20H,7-8,17-19H2,1H3,(H,27,29)/t20-/m1/s1. The molecule has 1 aliphatic rings. The Kier molecular flexibility index (Phi) is 6.88. The molecule has 0 spiro atoms. The highest BCUT2D eigenvalue weighted by molar-refractivity contribution is 7.99. The van der Waals surface area contributed by atoms with Crippen LogP contribution in [0.4, 0.5) is 5.69 Å². The fourth-order valence-corrected chi connectivity index (χ4v) is 4.84. The molecule has 1 fully saturated rings. The van der Waals surface area contributed by atoms with E-state index >= 15 is 0 Å². The molecule has 0 bridgehead atoms. The van der Waals surface area contributed by atoms with Gasteiger partial charge in [0.2, 0.25) is 0 Å². The van der Waals surface area contributed by atoms with Crippen LogP contribution in [0.5, 0.6) is 0 Å². The summed E-state index contributed by atoms with van der Waals surface area (Å²) in [5, 5.41) is 3.08. The van der Waals surface area contributed by atoms with Crippen molar-refractivity contribution in [3.8, 4) is 0 Å². The second-order valence-electron chi connectivity index (χ2n) is 8.04. The zero-order valence-corrected chi connectivity index (χ0v) is 18.2. The molecule has 1 aliphatic heterocycles. The second-order valence-corrected chi connectivity index (χ2v) is 9.16. The van der Waals surface area contributed by atoms with Crippen molar-refractivity contribution in [1.82, 2.24) is 4.90 Å². The lowest BCUT2D eigenvalue weighted by molar-refractivity contribution is 0.102. The summed E-state index contributed by atoms with van der Waals surface area (Å²) in [7, 11) is 0. The van der Waals surface area contributed by atoms with Gasteiger partial charge in [-0.2, -0.15) is 0 Å². The zero-order valence-electron chi connectivity index (χ0n) is 17.4. The molecule has 1 heterocycles. The van der Waals surface area contributed by atoms with E-state index in [1.807, 2.05) is 54.6 Å². The van der Waals surface area contributed by atoms with E-state index < -0.39 is 0 Å². The number of carbonyl (C=O) groups excluding carboxylic acids is 1.